The van der Waals surface area contributed by atoms with Gasteiger partial charge in [-0.2, -0.15) is 0 Å². The second-order valence-electron chi connectivity index (χ2n) is 10.5. The van der Waals surface area contributed by atoms with E-state index < -0.39 is 0 Å². The zero-order valence-corrected chi connectivity index (χ0v) is 26.9. The highest BCUT2D eigenvalue weighted by molar-refractivity contribution is 6.11. The van der Waals surface area contributed by atoms with E-state index in [1.807, 2.05) is 45.9 Å². The molecule has 0 radical (unpaired) electrons. The number of nitrogen functional groups attached to an aromatic ring is 1. The Kier molecular flexibility index (Phi) is 17.0. The summed E-state index contributed by atoms with van der Waals surface area (Å²) < 4.78 is 11.6. The highest BCUT2D eigenvalue weighted by Crippen LogP contribution is 2.38. The number of ether oxygens (including phenoxy) is 2. The fourth-order valence-corrected chi connectivity index (χ4v) is 4.36. The highest BCUT2D eigenvalue weighted by atomic mass is 16.5. The van der Waals surface area contributed by atoms with Crippen LogP contribution >= 0.6 is 0 Å². The Balaban J connectivity index is 0.000000679. The van der Waals surface area contributed by atoms with Crippen LogP contribution in [0.5, 0.6) is 11.5 Å². The molecule has 0 saturated carbocycles. The van der Waals surface area contributed by atoms with Gasteiger partial charge in [0.05, 0.1) is 25.9 Å². The highest BCUT2D eigenvalue weighted by Gasteiger charge is 2.21. The molecule has 234 valence electrons. The van der Waals surface area contributed by atoms with Crippen LogP contribution in [-0.4, -0.2) is 68.6 Å². The van der Waals surface area contributed by atoms with Crippen molar-refractivity contribution in [1.29, 1.82) is 0 Å². The first-order chi connectivity index (χ1) is 20.1. The van der Waals surface area contributed by atoms with E-state index >= 15 is 0 Å². The smallest absolute Gasteiger partial charge is 0.252 e. The Hall–Kier alpha value is -3.56. The number of rotatable bonds is 15. The van der Waals surface area contributed by atoms with Crippen LogP contribution in [0.2, 0.25) is 0 Å². The number of hydrogen-bond donors (Lipinski definition) is 4. The molecular formula is C33H53N5O4. The van der Waals surface area contributed by atoms with Crippen molar-refractivity contribution in [3.8, 4) is 11.5 Å². The van der Waals surface area contributed by atoms with Crippen molar-refractivity contribution in [2.45, 2.75) is 73.0 Å². The van der Waals surface area contributed by atoms with Crippen LogP contribution in [0.4, 0.5) is 5.69 Å². The number of nitrogens with two attached hydrogens (primary N) is 2. The van der Waals surface area contributed by atoms with Gasteiger partial charge >= 0.3 is 0 Å². The van der Waals surface area contributed by atoms with Crippen molar-refractivity contribution in [3.63, 3.8) is 0 Å². The number of allylic oxidation sites excluding steroid dienone is 1. The van der Waals surface area contributed by atoms with Crippen molar-refractivity contribution < 1.29 is 19.4 Å². The van der Waals surface area contributed by atoms with Crippen LogP contribution in [0.15, 0.2) is 41.5 Å². The number of carbonyl (C=O) groups is 1. The number of hydrogen-bond acceptors (Lipinski definition) is 8. The van der Waals surface area contributed by atoms with Gasteiger partial charge in [-0.05, 0) is 89.0 Å². The predicted molar refractivity (Wildman–Crippen MR) is 176 cm³/mol. The number of anilines is 1. The van der Waals surface area contributed by atoms with E-state index in [-0.39, 0.29) is 18.1 Å². The van der Waals surface area contributed by atoms with Crippen LogP contribution in [0.3, 0.4) is 0 Å². The number of amides is 1. The molecule has 2 aromatic rings. The Morgan fingerprint density at radius 2 is 1.81 bits per heavy atom. The molecular weight excluding hydrogens is 530 g/mol. The number of aliphatic imine (C=N–C) groups is 1. The molecule has 9 heteroatoms. The molecule has 0 aromatic heterocycles. The van der Waals surface area contributed by atoms with Crippen LogP contribution in [0.25, 0.3) is 5.57 Å². The maximum atomic E-state index is 12.9. The molecule has 0 spiro atoms. The third-order valence-electron chi connectivity index (χ3n) is 6.55. The van der Waals surface area contributed by atoms with Crippen LogP contribution < -0.4 is 26.3 Å². The first-order valence-electron chi connectivity index (χ1n) is 14.8. The molecule has 0 aliphatic carbocycles. The van der Waals surface area contributed by atoms with Gasteiger partial charge in [-0.1, -0.05) is 26.3 Å². The molecule has 42 heavy (non-hydrogen) atoms. The second kappa shape index (κ2) is 19.5. The molecule has 0 saturated heterocycles. The molecule has 0 aliphatic heterocycles. The lowest BCUT2D eigenvalue weighted by molar-refractivity contribution is 0.0939. The quantitative estimate of drug-likeness (QED) is 0.164. The lowest BCUT2D eigenvalue weighted by atomic mass is 9.98. The van der Waals surface area contributed by atoms with E-state index in [1.165, 1.54) is 25.5 Å². The summed E-state index contributed by atoms with van der Waals surface area (Å²) in [6.45, 7) is 15.4. The van der Waals surface area contributed by atoms with Crippen molar-refractivity contribution in [3.05, 3.63) is 58.8 Å². The summed E-state index contributed by atoms with van der Waals surface area (Å²) in [6, 6.07) is 8.75. The first kappa shape index (κ1) is 36.5. The number of carbonyl (C=O) groups excluding carboxylic acids is 1. The standard InChI is InChI=1S/C24H32N4O3.C9H21NO/c1-14(2)31-23-21(18(12-25)13-27-5)9-17(10-22(23)30-6)16(4)28-24(29)20-11-19(26)8-7-15(20)3;1-3-5-7-10(6-4-2)8-9-11/h7-14,16H,25-26H2,1-6H3,(H,28,29);11H,3-9H2,1-2H3/b18-12+,27-13?;. The van der Waals surface area contributed by atoms with Gasteiger partial charge in [0.2, 0.25) is 0 Å². The Morgan fingerprint density at radius 3 is 2.36 bits per heavy atom. The maximum Gasteiger partial charge on any atom is 0.252 e. The third-order valence-corrected chi connectivity index (χ3v) is 6.55. The molecule has 0 fully saturated rings. The SMILES string of the molecule is CCCCN(CCC)CCO.CN=C/C(=C\N)c1cc(C(C)NC(=O)c2cc(N)ccc2C)cc(OC)c1OC(C)C. The lowest BCUT2D eigenvalue weighted by Gasteiger charge is -2.22. The fourth-order valence-electron chi connectivity index (χ4n) is 4.36. The normalized spacial score (nSPS) is 12.3. The Labute approximate surface area is 253 Å². The molecule has 2 rings (SSSR count). The van der Waals surface area contributed by atoms with Gasteiger partial charge < -0.3 is 36.3 Å². The number of nitrogens with zero attached hydrogens (tertiary/aromatic N) is 2. The number of nitrogens with one attached hydrogen (secondary N) is 1. The number of aliphatic hydroxyl groups is 1. The number of aryl methyl sites for hydroxylation is 1. The number of methoxy groups -OCH3 is 1. The van der Waals surface area contributed by atoms with Gasteiger partial charge in [0.15, 0.2) is 11.5 Å². The van der Waals surface area contributed by atoms with E-state index in [0.29, 0.717) is 34.9 Å². The third kappa shape index (κ3) is 11.7. The molecule has 1 atom stereocenters. The molecule has 2 aromatic carbocycles. The zero-order chi connectivity index (χ0) is 31.7. The minimum atomic E-state index is -0.313. The van der Waals surface area contributed by atoms with Gasteiger partial charge in [0, 0.05) is 48.4 Å². The molecule has 0 bridgehead atoms. The summed E-state index contributed by atoms with van der Waals surface area (Å²) >= 11 is 0. The van der Waals surface area contributed by atoms with E-state index in [2.05, 4.69) is 29.1 Å². The van der Waals surface area contributed by atoms with E-state index in [0.717, 1.165) is 36.3 Å². The molecule has 9 nitrogen and oxygen atoms in total. The Bertz CT molecular complexity index is 1160. The summed E-state index contributed by atoms with van der Waals surface area (Å²) in [5, 5.41) is 11.8. The van der Waals surface area contributed by atoms with Gasteiger partial charge in [0.1, 0.15) is 0 Å². The maximum absolute atomic E-state index is 12.9. The average Bonchev–Trinajstić information content (AvgIpc) is 2.96. The number of unbranched alkanes of at least 4 members (excludes halogenated alkanes) is 1. The van der Waals surface area contributed by atoms with Crippen LogP contribution in [-0.2, 0) is 0 Å². The summed E-state index contributed by atoms with van der Waals surface area (Å²) in [5.41, 5.74) is 15.9. The van der Waals surface area contributed by atoms with Crippen molar-refractivity contribution in [1.82, 2.24) is 10.2 Å². The van der Waals surface area contributed by atoms with Crippen LogP contribution in [0, 0.1) is 6.92 Å². The molecule has 0 heterocycles. The summed E-state index contributed by atoms with van der Waals surface area (Å²) in [5.74, 6) is 0.916. The van der Waals surface area contributed by atoms with Gasteiger partial charge in [-0.15, -0.1) is 0 Å². The zero-order valence-electron chi connectivity index (χ0n) is 26.9. The summed E-state index contributed by atoms with van der Waals surface area (Å²) in [4.78, 5) is 19.3. The first-order valence-corrected chi connectivity index (χ1v) is 14.8. The van der Waals surface area contributed by atoms with E-state index in [4.69, 9.17) is 26.0 Å². The van der Waals surface area contributed by atoms with Crippen molar-refractivity contribution in [2.24, 2.45) is 10.7 Å². The average molecular weight is 584 g/mol. The monoisotopic (exact) mass is 583 g/mol. The van der Waals surface area contributed by atoms with Gasteiger partial charge in [-0.3, -0.25) is 9.79 Å². The molecule has 1 unspecified atom stereocenters. The second-order valence-corrected chi connectivity index (χ2v) is 10.5. The molecule has 1 amide bonds. The largest absolute Gasteiger partial charge is 0.493 e. The van der Waals surface area contributed by atoms with Crippen molar-refractivity contribution in [2.75, 3.05) is 46.1 Å². The fraction of sp³-hybridized carbons (Fsp3) is 0.515. The minimum Gasteiger partial charge on any atom is -0.493 e. The molecule has 6 N–H and O–H groups in total. The predicted octanol–water partition coefficient (Wildman–Crippen LogP) is 5.36. The van der Waals surface area contributed by atoms with Crippen LogP contribution in [0.1, 0.15) is 87.0 Å². The summed E-state index contributed by atoms with van der Waals surface area (Å²) in [6.07, 6.45) is 6.73. The Morgan fingerprint density at radius 1 is 1.10 bits per heavy atom. The lowest BCUT2D eigenvalue weighted by Crippen LogP contribution is -2.28. The van der Waals surface area contributed by atoms with Gasteiger partial charge in [-0.25, -0.2) is 0 Å². The summed E-state index contributed by atoms with van der Waals surface area (Å²) in [7, 11) is 3.25. The number of aliphatic hydroxyl groups excluding tert-OH is 1. The number of benzene rings is 2. The van der Waals surface area contributed by atoms with E-state index in [9.17, 15) is 4.79 Å². The van der Waals surface area contributed by atoms with Crippen molar-refractivity contribution >= 4 is 23.4 Å². The minimum absolute atomic E-state index is 0.0697. The van der Waals surface area contributed by atoms with E-state index in [1.54, 1.807) is 32.5 Å². The topological polar surface area (TPSA) is 135 Å². The molecule has 0 aliphatic rings. The van der Waals surface area contributed by atoms with Gasteiger partial charge in [0.25, 0.3) is 5.91 Å².